The number of hydrogen-bond acceptors (Lipinski definition) is 4. The first-order valence-corrected chi connectivity index (χ1v) is 8.19. The maximum absolute atomic E-state index is 4.46. The van der Waals surface area contributed by atoms with Crippen LogP contribution in [0.5, 0.6) is 0 Å². The highest BCUT2D eigenvalue weighted by atomic mass is 15.2. The molecule has 22 heavy (non-hydrogen) atoms. The maximum Gasteiger partial charge on any atom is 0.148 e. The van der Waals surface area contributed by atoms with Gasteiger partial charge in [0.2, 0.25) is 0 Å². The van der Waals surface area contributed by atoms with Crippen LogP contribution >= 0.6 is 0 Å². The lowest BCUT2D eigenvalue weighted by molar-refractivity contribution is 0.790. The second-order valence-electron chi connectivity index (χ2n) is 5.23. The fraction of sp³-hybridized carbons (Fsp3) is 0.556. The maximum atomic E-state index is 4.46. The molecule has 2 rings (SSSR count). The Bertz CT molecular complexity index is 540. The molecule has 4 nitrogen and oxygen atoms in total. The van der Waals surface area contributed by atoms with Crippen LogP contribution < -0.4 is 0 Å². The van der Waals surface area contributed by atoms with Gasteiger partial charge in [-0.05, 0) is 51.2 Å². The smallest absolute Gasteiger partial charge is 0.148 e. The zero-order valence-electron chi connectivity index (χ0n) is 14.8. The third-order valence-corrected chi connectivity index (χ3v) is 3.54. The average molecular weight is 300 g/mol. The number of rotatable bonds is 4. The van der Waals surface area contributed by atoms with Crippen LogP contribution in [0.3, 0.4) is 0 Å². The van der Waals surface area contributed by atoms with Gasteiger partial charge in [-0.2, -0.15) is 5.10 Å². The Labute approximate surface area is 134 Å². The van der Waals surface area contributed by atoms with Crippen LogP contribution in [-0.2, 0) is 25.7 Å². The molecule has 0 aliphatic carbocycles. The summed E-state index contributed by atoms with van der Waals surface area (Å²) in [5, 5.41) is 7.95. The molecule has 0 bridgehead atoms. The zero-order chi connectivity index (χ0) is 16.5. The summed E-state index contributed by atoms with van der Waals surface area (Å²) in [6.07, 6.45) is 4.00. The molecule has 0 N–H and O–H groups in total. The van der Waals surface area contributed by atoms with Crippen LogP contribution in [0, 0.1) is 13.8 Å². The summed E-state index contributed by atoms with van der Waals surface area (Å²) in [6.45, 7) is 12.4. The Hall–Kier alpha value is -1.84. The van der Waals surface area contributed by atoms with E-state index in [1.54, 1.807) is 0 Å². The average Bonchev–Trinajstić information content (AvgIpc) is 2.55. The summed E-state index contributed by atoms with van der Waals surface area (Å²) in [6, 6.07) is 4.26. The minimum absolute atomic E-state index is 0.763. The van der Waals surface area contributed by atoms with E-state index in [1.165, 1.54) is 11.3 Å². The van der Waals surface area contributed by atoms with E-state index < -0.39 is 0 Å². The van der Waals surface area contributed by atoms with Crippen LogP contribution in [-0.4, -0.2) is 20.2 Å². The number of nitrogens with zero attached hydrogens (tertiary/aromatic N) is 4. The van der Waals surface area contributed by atoms with Gasteiger partial charge in [-0.1, -0.05) is 33.8 Å². The molecule has 2 aromatic rings. The second kappa shape index (κ2) is 9.23. The summed E-state index contributed by atoms with van der Waals surface area (Å²) < 4.78 is 0. The van der Waals surface area contributed by atoms with E-state index in [-0.39, 0.29) is 0 Å². The molecule has 0 aliphatic rings. The lowest BCUT2D eigenvalue weighted by Gasteiger charge is -2.04. The third kappa shape index (κ3) is 5.17. The minimum atomic E-state index is 0.763. The Morgan fingerprint density at radius 3 is 1.86 bits per heavy atom. The molecular formula is C18H28N4. The molecule has 2 heterocycles. The summed E-state index contributed by atoms with van der Waals surface area (Å²) in [5.74, 6) is 0.763. The molecule has 0 saturated carbocycles. The lowest BCUT2D eigenvalue weighted by atomic mass is 10.1. The molecule has 2 aromatic heterocycles. The summed E-state index contributed by atoms with van der Waals surface area (Å²) >= 11 is 0. The van der Waals surface area contributed by atoms with Crippen molar-refractivity contribution < 1.29 is 0 Å². The van der Waals surface area contributed by atoms with Crippen molar-refractivity contribution in [3.8, 4) is 0 Å². The van der Waals surface area contributed by atoms with E-state index >= 15 is 0 Å². The van der Waals surface area contributed by atoms with Gasteiger partial charge >= 0.3 is 0 Å². The van der Waals surface area contributed by atoms with E-state index in [0.29, 0.717) is 0 Å². The fourth-order valence-corrected chi connectivity index (χ4v) is 2.30. The second-order valence-corrected chi connectivity index (χ2v) is 5.23. The fourth-order valence-electron chi connectivity index (χ4n) is 2.30. The monoisotopic (exact) mass is 300 g/mol. The molecular weight excluding hydrogens is 272 g/mol. The Balaban J connectivity index is 0.000000220. The first-order valence-electron chi connectivity index (χ1n) is 8.19. The van der Waals surface area contributed by atoms with Crippen molar-refractivity contribution in [1.29, 1.82) is 0 Å². The van der Waals surface area contributed by atoms with Crippen molar-refractivity contribution in [3.05, 3.63) is 46.3 Å². The molecule has 0 saturated heterocycles. The van der Waals surface area contributed by atoms with Gasteiger partial charge in [0.05, 0.1) is 11.4 Å². The first-order chi connectivity index (χ1) is 10.5. The van der Waals surface area contributed by atoms with Gasteiger partial charge in [0.25, 0.3) is 0 Å². The quantitative estimate of drug-likeness (QED) is 0.861. The van der Waals surface area contributed by atoms with Gasteiger partial charge in [-0.25, -0.2) is 4.98 Å². The SMILES string of the molecule is CCc1ccc(C)nc1CC.CCc1nnc(C)nc1CC. The van der Waals surface area contributed by atoms with Crippen molar-refractivity contribution in [2.75, 3.05) is 0 Å². The summed E-state index contributed by atoms with van der Waals surface area (Å²) in [5.41, 5.74) is 5.88. The predicted octanol–water partition coefficient (Wildman–Crippen LogP) is 3.82. The first kappa shape index (κ1) is 18.2. The normalized spacial score (nSPS) is 10.1. The van der Waals surface area contributed by atoms with E-state index in [2.05, 4.69) is 60.0 Å². The van der Waals surface area contributed by atoms with Crippen LogP contribution in [0.1, 0.15) is 61.9 Å². The van der Waals surface area contributed by atoms with Gasteiger partial charge in [-0.3, -0.25) is 4.98 Å². The van der Waals surface area contributed by atoms with Gasteiger partial charge in [-0.15, -0.1) is 5.10 Å². The van der Waals surface area contributed by atoms with Crippen molar-refractivity contribution in [2.24, 2.45) is 0 Å². The lowest BCUT2D eigenvalue weighted by Crippen LogP contribution is -2.03. The van der Waals surface area contributed by atoms with Crippen LogP contribution in [0.4, 0.5) is 0 Å². The molecule has 0 atom stereocenters. The Morgan fingerprint density at radius 1 is 0.682 bits per heavy atom. The Kier molecular flexibility index (Phi) is 7.64. The summed E-state index contributed by atoms with van der Waals surface area (Å²) in [4.78, 5) is 8.75. The minimum Gasteiger partial charge on any atom is -0.258 e. The number of aromatic nitrogens is 4. The molecule has 4 heteroatoms. The number of pyridine rings is 1. The van der Waals surface area contributed by atoms with Crippen LogP contribution in [0.25, 0.3) is 0 Å². The topological polar surface area (TPSA) is 51.6 Å². The van der Waals surface area contributed by atoms with Crippen LogP contribution in [0.15, 0.2) is 12.1 Å². The standard InChI is InChI=1S/C10H15N.C8H13N3/c1-4-9-7-6-8(3)11-10(9)5-2;1-4-7-8(5-2)11-10-6(3)9-7/h6-7H,4-5H2,1-3H3;4-5H2,1-3H3. The summed E-state index contributed by atoms with van der Waals surface area (Å²) in [7, 11) is 0. The predicted molar refractivity (Wildman–Crippen MR) is 91.1 cm³/mol. The van der Waals surface area contributed by atoms with E-state index in [0.717, 1.165) is 48.6 Å². The molecule has 0 aliphatic heterocycles. The van der Waals surface area contributed by atoms with E-state index in [9.17, 15) is 0 Å². The van der Waals surface area contributed by atoms with Gasteiger partial charge in [0, 0.05) is 11.4 Å². The van der Waals surface area contributed by atoms with Crippen LogP contribution in [0.2, 0.25) is 0 Å². The van der Waals surface area contributed by atoms with Crippen molar-refractivity contribution >= 4 is 0 Å². The van der Waals surface area contributed by atoms with E-state index in [1.807, 2.05) is 13.8 Å². The highest BCUT2D eigenvalue weighted by Gasteiger charge is 2.02. The molecule has 0 radical (unpaired) electrons. The number of hydrogen-bond donors (Lipinski definition) is 0. The third-order valence-electron chi connectivity index (χ3n) is 3.54. The molecule has 0 amide bonds. The van der Waals surface area contributed by atoms with Crippen molar-refractivity contribution in [3.63, 3.8) is 0 Å². The molecule has 0 fully saturated rings. The van der Waals surface area contributed by atoms with Gasteiger partial charge in [0.1, 0.15) is 5.82 Å². The van der Waals surface area contributed by atoms with Crippen molar-refractivity contribution in [2.45, 2.75) is 67.2 Å². The van der Waals surface area contributed by atoms with Crippen molar-refractivity contribution in [1.82, 2.24) is 20.2 Å². The zero-order valence-corrected chi connectivity index (χ0v) is 14.8. The Morgan fingerprint density at radius 2 is 1.32 bits per heavy atom. The highest BCUT2D eigenvalue weighted by molar-refractivity contribution is 5.22. The molecule has 0 unspecified atom stereocenters. The van der Waals surface area contributed by atoms with Gasteiger partial charge in [0.15, 0.2) is 0 Å². The molecule has 0 aromatic carbocycles. The molecule has 0 spiro atoms. The van der Waals surface area contributed by atoms with Gasteiger partial charge < -0.3 is 0 Å². The van der Waals surface area contributed by atoms with E-state index in [4.69, 9.17) is 0 Å². The largest absolute Gasteiger partial charge is 0.258 e. The number of aryl methyl sites for hydroxylation is 6. The molecule has 120 valence electrons. The highest BCUT2D eigenvalue weighted by Crippen LogP contribution is 2.08.